The van der Waals surface area contributed by atoms with Gasteiger partial charge in [0.05, 0.1) is 12.5 Å². The van der Waals surface area contributed by atoms with Crippen LogP contribution >= 0.6 is 0 Å². The first kappa shape index (κ1) is 14.1. The lowest BCUT2D eigenvalue weighted by molar-refractivity contribution is -0.129. The molecule has 19 heavy (non-hydrogen) atoms. The van der Waals surface area contributed by atoms with Crippen LogP contribution in [0, 0.1) is 5.92 Å². The van der Waals surface area contributed by atoms with Gasteiger partial charge in [0.1, 0.15) is 0 Å². The summed E-state index contributed by atoms with van der Waals surface area (Å²) in [6.07, 6.45) is 1.89. The van der Waals surface area contributed by atoms with Gasteiger partial charge in [-0.1, -0.05) is 38.1 Å². The predicted octanol–water partition coefficient (Wildman–Crippen LogP) is 2.02. The Morgan fingerprint density at radius 3 is 2.47 bits per heavy atom. The van der Waals surface area contributed by atoms with Crippen molar-refractivity contribution in [3.63, 3.8) is 0 Å². The van der Waals surface area contributed by atoms with Crippen molar-refractivity contribution >= 4 is 5.91 Å². The molecule has 0 spiro atoms. The van der Waals surface area contributed by atoms with Crippen LogP contribution < -0.4 is 0 Å². The van der Waals surface area contributed by atoms with E-state index in [2.05, 4.69) is 26.0 Å². The Morgan fingerprint density at radius 2 is 1.95 bits per heavy atom. The molecule has 2 rings (SSSR count). The molecule has 104 valence electrons. The summed E-state index contributed by atoms with van der Waals surface area (Å²) < 4.78 is 0. The van der Waals surface area contributed by atoms with Crippen LogP contribution in [0.1, 0.15) is 31.4 Å². The number of aliphatic hydroxyl groups is 1. The fourth-order valence-electron chi connectivity index (χ4n) is 2.52. The highest BCUT2D eigenvalue weighted by Crippen LogP contribution is 2.13. The lowest BCUT2D eigenvalue weighted by Crippen LogP contribution is -2.30. The number of likely N-dealkylation sites (tertiary alicyclic amines) is 1. The third-order valence-corrected chi connectivity index (χ3v) is 3.54. The third kappa shape index (κ3) is 4.06. The van der Waals surface area contributed by atoms with E-state index in [1.807, 2.05) is 12.1 Å². The monoisotopic (exact) mass is 261 g/mol. The summed E-state index contributed by atoms with van der Waals surface area (Å²) in [6, 6.07) is 8.31. The van der Waals surface area contributed by atoms with Gasteiger partial charge in [0.2, 0.25) is 5.91 Å². The van der Waals surface area contributed by atoms with E-state index in [1.54, 1.807) is 4.90 Å². The molecule has 1 atom stereocenters. The molecule has 1 fully saturated rings. The van der Waals surface area contributed by atoms with Crippen LogP contribution in [0.2, 0.25) is 0 Å². The molecule has 3 heteroatoms. The highest BCUT2D eigenvalue weighted by molar-refractivity contribution is 5.79. The Kier molecular flexibility index (Phi) is 4.59. The Bertz CT molecular complexity index is 425. The second kappa shape index (κ2) is 6.20. The number of carbonyl (C=O) groups excluding carboxylic acids is 1. The molecule has 3 nitrogen and oxygen atoms in total. The molecule has 0 radical (unpaired) electrons. The van der Waals surface area contributed by atoms with Crippen molar-refractivity contribution < 1.29 is 9.90 Å². The van der Waals surface area contributed by atoms with Gasteiger partial charge in [0.25, 0.3) is 0 Å². The number of hydrogen-bond donors (Lipinski definition) is 1. The zero-order valence-corrected chi connectivity index (χ0v) is 11.8. The van der Waals surface area contributed by atoms with E-state index in [4.69, 9.17) is 0 Å². The summed E-state index contributed by atoms with van der Waals surface area (Å²) >= 11 is 0. The summed E-state index contributed by atoms with van der Waals surface area (Å²) in [5, 5.41) is 9.44. The molecule has 1 heterocycles. The molecule has 0 saturated carbocycles. The molecule has 1 aromatic rings. The van der Waals surface area contributed by atoms with Crippen molar-refractivity contribution in [2.45, 2.75) is 39.2 Å². The van der Waals surface area contributed by atoms with E-state index in [9.17, 15) is 9.90 Å². The third-order valence-electron chi connectivity index (χ3n) is 3.54. The van der Waals surface area contributed by atoms with Crippen molar-refractivity contribution in [3.05, 3.63) is 35.4 Å². The highest BCUT2D eigenvalue weighted by atomic mass is 16.3. The number of hydrogen-bond acceptors (Lipinski definition) is 2. The maximum atomic E-state index is 12.0. The van der Waals surface area contributed by atoms with Gasteiger partial charge in [-0.05, 0) is 29.9 Å². The van der Waals surface area contributed by atoms with Crippen LogP contribution in [-0.4, -0.2) is 35.1 Å². The molecule has 1 N–H and O–H groups in total. The Labute approximate surface area is 115 Å². The van der Waals surface area contributed by atoms with Gasteiger partial charge in [-0.15, -0.1) is 0 Å². The van der Waals surface area contributed by atoms with Crippen molar-refractivity contribution in [2.75, 3.05) is 13.1 Å². The van der Waals surface area contributed by atoms with Crippen molar-refractivity contribution in [3.8, 4) is 0 Å². The van der Waals surface area contributed by atoms with E-state index in [-0.39, 0.29) is 12.0 Å². The van der Waals surface area contributed by atoms with Gasteiger partial charge in [0, 0.05) is 13.1 Å². The van der Waals surface area contributed by atoms with Gasteiger partial charge >= 0.3 is 0 Å². The lowest BCUT2D eigenvalue weighted by atomic mass is 10.0. The van der Waals surface area contributed by atoms with Crippen LogP contribution in [0.3, 0.4) is 0 Å². The van der Waals surface area contributed by atoms with E-state index in [1.165, 1.54) is 5.56 Å². The second-order valence-corrected chi connectivity index (χ2v) is 5.87. The molecule has 0 unspecified atom stereocenters. The lowest BCUT2D eigenvalue weighted by Gasteiger charge is -2.15. The molecule has 1 saturated heterocycles. The quantitative estimate of drug-likeness (QED) is 0.901. The molecule has 1 aromatic carbocycles. The normalized spacial score (nSPS) is 19.2. The second-order valence-electron chi connectivity index (χ2n) is 5.87. The van der Waals surface area contributed by atoms with Crippen molar-refractivity contribution in [2.24, 2.45) is 5.92 Å². The van der Waals surface area contributed by atoms with E-state index < -0.39 is 0 Å². The summed E-state index contributed by atoms with van der Waals surface area (Å²) in [7, 11) is 0. The fraction of sp³-hybridized carbons (Fsp3) is 0.562. The zero-order valence-electron chi connectivity index (χ0n) is 11.8. The standard InChI is InChI=1S/C16H23NO2/c1-12(2)9-13-3-5-14(6-4-13)10-16(19)17-8-7-15(18)11-17/h3-6,12,15,18H,7-11H2,1-2H3/t15-/m1/s1. The maximum Gasteiger partial charge on any atom is 0.227 e. The fourth-order valence-corrected chi connectivity index (χ4v) is 2.52. The molecular formula is C16H23NO2. The minimum absolute atomic E-state index is 0.119. The van der Waals surface area contributed by atoms with Gasteiger partial charge in [0.15, 0.2) is 0 Å². The van der Waals surface area contributed by atoms with Gasteiger partial charge in [-0.3, -0.25) is 4.79 Å². The van der Waals surface area contributed by atoms with Crippen LogP contribution in [0.4, 0.5) is 0 Å². The Hall–Kier alpha value is -1.35. The Balaban J connectivity index is 1.90. The predicted molar refractivity (Wildman–Crippen MR) is 75.9 cm³/mol. The minimum atomic E-state index is -0.336. The van der Waals surface area contributed by atoms with Crippen molar-refractivity contribution in [1.82, 2.24) is 4.90 Å². The van der Waals surface area contributed by atoms with Crippen molar-refractivity contribution in [1.29, 1.82) is 0 Å². The first-order valence-electron chi connectivity index (χ1n) is 7.08. The molecular weight excluding hydrogens is 238 g/mol. The topological polar surface area (TPSA) is 40.5 Å². The number of β-amino-alcohol motifs (C(OH)–C–C–N with tert-alkyl or cyclic N) is 1. The van der Waals surface area contributed by atoms with Crippen LogP contribution in [-0.2, 0) is 17.6 Å². The first-order chi connectivity index (χ1) is 9.04. The molecule has 1 aliphatic rings. The largest absolute Gasteiger partial charge is 0.391 e. The van der Waals surface area contributed by atoms with E-state index >= 15 is 0 Å². The smallest absolute Gasteiger partial charge is 0.227 e. The van der Waals surface area contributed by atoms with E-state index in [0.29, 0.717) is 31.8 Å². The maximum absolute atomic E-state index is 12.0. The average Bonchev–Trinajstić information content (AvgIpc) is 2.78. The summed E-state index contributed by atoms with van der Waals surface area (Å²) in [6.45, 7) is 5.59. The SMILES string of the molecule is CC(C)Cc1ccc(CC(=O)N2CC[C@@H](O)C2)cc1. The molecule has 0 aliphatic carbocycles. The van der Waals surface area contributed by atoms with Gasteiger partial charge in [-0.2, -0.15) is 0 Å². The van der Waals surface area contributed by atoms with Crippen LogP contribution in [0.25, 0.3) is 0 Å². The minimum Gasteiger partial charge on any atom is -0.391 e. The molecule has 1 amide bonds. The number of aliphatic hydroxyl groups excluding tert-OH is 1. The van der Waals surface area contributed by atoms with E-state index in [0.717, 1.165) is 12.0 Å². The Morgan fingerprint density at radius 1 is 1.32 bits per heavy atom. The number of rotatable bonds is 4. The highest BCUT2D eigenvalue weighted by Gasteiger charge is 2.24. The van der Waals surface area contributed by atoms with Crippen LogP contribution in [0.15, 0.2) is 24.3 Å². The van der Waals surface area contributed by atoms with Gasteiger partial charge in [-0.25, -0.2) is 0 Å². The van der Waals surface area contributed by atoms with Crippen LogP contribution in [0.5, 0.6) is 0 Å². The number of benzene rings is 1. The summed E-state index contributed by atoms with van der Waals surface area (Å²) in [5.74, 6) is 0.770. The number of amides is 1. The molecule has 0 aromatic heterocycles. The summed E-state index contributed by atoms with van der Waals surface area (Å²) in [4.78, 5) is 13.8. The molecule has 0 bridgehead atoms. The average molecular weight is 261 g/mol. The zero-order chi connectivity index (χ0) is 13.8. The first-order valence-corrected chi connectivity index (χ1v) is 7.08. The number of nitrogens with zero attached hydrogens (tertiary/aromatic N) is 1. The number of carbonyl (C=O) groups is 1. The molecule has 1 aliphatic heterocycles. The van der Waals surface area contributed by atoms with Gasteiger partial charge < -0.3 is 10.0 Å². The summed E-state index contributed by atoms with van der Waals surface area (Å²) in [5.41, 5.74) is 2.38.